The molecule has 2 nitrogen and oxygen atoms in total. The zero-order valence-corrected chi connectivity index (χ0v) is 12.0. The van der Waals surface area contributed by atoms with Gasteiger partial charge in [0.25, 0.3) is 0 Å². The highest BCUT2D eigenvalue weighted by Gasteiger charge is 2.28. The summed E-state index contributed by atoms with van der Waals surface area (Å²) in [5, 5.41) is 10.4. The number of aliphatic hydroxyl groups excluding tert-OH is 1. The Bertz CT molecular complexity index is 416. The molecule has 1 aliphatic heterocycles. The van der Waals surface area contributed by atoms with E-state index in [0.717, 1.165) is 24.6 Å². The van der Waals surface area contributed by atoms with Gasteiger partial charge in [0.15, 0.2) is 0 Å². The lowest BCUT2D eigenvalue weighted by atomic mass is 10.0. The number of β-amino-alcohol motifs (C(OH)–C–C–N with tert-alkyl or cyclic N) is 1. The van der Waals surface area contributed by atoms with Crippen LogP contribution in [0.4, 0.5) is 0 Å². The Morgan fingerprint density at radius 2 is 2.06 bits per heavy atom. The van der Waals surface area contributed by atoms with Crippen LogP contribution in [0.2, 0.25) is 0 Å². The highest BCUT2D eigenvalue weighted by Crippen LogP contribution is 2.26. The third kappa shape index (κ3) is 2.93. The highest BCUT2D eigenvalue weighted by atomic mass is 16.3. The van der Waals surface area contributed by atoms with Crippen LogP contribution in [-0.4, -0.2) is 29.1 Å². The van der Waals surface area contributed by atoms with Crippen molar-refractivity contribution in [3.8, 4) is 0 Å². The largest absolute Gasteiger partial charge is 0.387 e. The molecule has 1 N–H and O–H groups in total. The maximum Gasteiger partial charge on any atom is 0.0919 e. The van der Waals surface area contributed by atoms with Crippen LogP contribution < -0.4 is 0 Å². The number of likely N-dealkylation sites (tertiary alicyclic amines) is 1. The number of aliphatic hydroxyl groups is 1. The average Bonchev–Trinajstić information content (AvgIpc) is 2.57. The molecule has 2 heteroatoms. The van der Waals surface area contributed by atoms with E-state index in [0.29, 0.717) is 6.04 Å². The molecule has 3 unspecified atom stereocenters. The van der Waals surface area contributed by atoms with Gasteiger partial charge in [-0.2, -0.15) is 0 Å². The van der Waals surface area contributed by atoms with E-state index in [1.807, 2.05) is 0 Å². The number of hydrogen-bond acceptors (Lipinski definition) is 2. The SMILES string of the molecule is Cc1ccc(C(O)CN2CC(C)CC2C)c(C)c1. The Labute approximate surface area is 111 Å². The number of hydrogen-bond donors (Lipinski definition) is 1. The zero-order chi connectivity index (χ0) is 13.3. The Hall–Kier alpha value is -0.860. The van der Waals surface area contributed by atoms with Crippen molar-refractivity contribution in [2.24, 2.45) is 5.92 Å². The van der Waals surface area contributed by atoms with Gasteiger partial charge in [-0.05, 0) is 44.2 Å². The summed E-state index contributed by atoms with van der Waals surface area (Å²) in [5.41, 5.74) is 3.53. The molecule has 0 saturated carbocycles. The molecule has 0 radical (unpaired) electrons. The van der Waals surface area contributed by atoms with E-state index >= 15 is 0 Å². The minimum absolute atomic E-state index is 0.363. The minimum atomic E-state index is -0.363. The molecule has 1 saturated heterocycles. The van der Waals surface area contributed by atoms with E-state index in [-0.39, 0.29) is 6.10 Å². The third-order valence-electron chi connectivity index (χ3n) is 4.10. The summed E-state index contributed by atoms with van der Waals surface area (Å²) < 4.78 is 0. The van der Waals surface area contributed by atoms with Crippen molar-refractivity contribution in [2.75, 3.05) is 13.1 Å². The maximum atomic E-state index is 10.4. The Morgan fingerprint density at radius 1 is 1.33 bits per heavy atom. The van der Waals surface area contributed by atoms with E-state index in [2.05, 4.69) is 50.8 Å². The van der Waals surface area contributed by atoms with E-state index < -0.39 is 0 Å². The molecule has 0 aromatic heterocycles. The highest BCUT2D eigenvalue weighted by molar-refractivity contribution is 5.32. The van der Waals surface area contributed by atoms with Crippen molar-refractivity contribution in [1.29, 1.82) is 0 Å². The second-order valence-electron chi connectivity index (χ2n) is 6.02. The van der Waals surface area contributed by atoms with Gasteiger partial charge in [0, 0.05) is 19.1 Å². The molecule has 2 rings (SSSR count). The van der Waals surface area contributed by atoms with E-state index in [9.17, 15) is 5.11 Å². The summed E-state index contributed by atoms with van der Waals surface area (Å²) in [6, 6.07) is 6.90. The van der Waals surface area contributed by atoms with Crippen LogP contribution in [-0.2, 0) is 0 Å². The van der Waals surface area contributed by atoms with Crippen LogP contribution in [0.15, 0.2) is 18.2 Å². The van der Waals surface area contributed by atoms with Crippen molar-refractivity contribution in [2.45, 2.75) is 46.3 Å². The van der Waals surface area contributed by atoms with Gasteiger partial charge in [0.1, 0.15) is 0 Å². The second-order valence-corrected chi connectivity index (χ2v) is 6.02. The first-order valence-electron chi connectivity index (χ1n) is 6.96. The standard InChI is InChI=1S/C16H25NO/c1-11-5-6-15(13(3)7-11)16(18)10-17-9-12(2)8-14(17)4/h5-7,12,14,16,18H,8-10H2,1-4H3. The van der Waals surface area contributed by atoms with Gasteiger partial charge in [-0.1, -0.05) is 30.7 Å². The molecule has 1 aliphatic rings. The number of nitrogens with zero attached hydrogens (tertiary/aromatic N) is 1. The molecule has 0 spiro atoms. The lowest BCUT2D eigenvalue weighted by molar-refractivity contribution is 0.108. The Morgan fingerprint density at radius 3 is 2.61 bits per heavy atom. The molecule has 0 amide bonds. The van der Waals surface area contributed by atoms with Crippen LogP contribution in [0, 0.1) is 19.8 Å². The second kappa shape index (κ2) is 5.41. The number of rotatable bonds is 3. The molecule has 0 bridgehead atoms. The van der Waals surface area contributed by atoms with Gasteiger partial charge in [0.05, 0.1) is 6.10 Å². The fraction of sp³-hybridized carbons (Fsp3) is 0.625. The molecule has 100 valence electrons. The van der Waals surface area contributed by atoms with E-state index in [1.54, 1.807) is 0 Å². The normalized spacial score (nSPS) is 26.5. The van der Waals surface area contributed by atoms with Crippen molar-refractivity contribution in [3.63, 3.8) is 0 Å². The fourth-order valence-corrected chi connectivity index (χ4v) is 3.16. The topological polar surface area (TPSA) is 23.5 Å². The van der Waals surface area contributed by atoms with Crippen LogP contribution >= 0.6 is 0 Å². The fourth-order valence-electron chi connectivity index (χ4n) is 3.16. The molecular formula is C16H25NO. The van der Waals surface area contributed by atoms with Crippen LogP contribution in [0.5, 0.6) is 0 Å². The van der Waals surface area contributed by atoms with Crippen molar-refractivity contribution in [1.82, 2.24) is 4.90 Å². The molecule has 1 aromatic carbocycles. The van der Waals surface area contributed by atoms with Gasteiger partial charge < -0.3 is 5.11 Å². The zero-order valence-electron chi connectivity index (χ0n) is 12.0. The Balaban J connectivity index is 2.05. The first-order valence-corrected chi connectivity index (χ1v) is 6.96. The van der Waals surface area contributed by atoms with Gasteiger partial charge in [-0.25, -0.2) is 0 Å². The summed E-state index contributed by atoms with van der Waals surface area (Å²) >= 11 is 0. The monoisotopic (exact) mass is 247 g/mol. The van der Waals surface area contributed by atoms with Crippen molar-refractivity contribution >= 4 is 0 Å². The minimum Gasteiger partial charge on any atom is -0.387 e. The number of benzene rings is 1. The quantitative estimate of drug-likeness (QED) is 0.887. The van der Waals surface area contributed by atoms with Crippen molar-refractivity contribution in [3.05, 3.63) is 34.9 Å². The predicted molar refractivity (Wildman–Crippen MR) is 75.7 cm³/mol. The predicted octanol–water partition coefficient (Wildman–Crippen LogP) is 3.07. The smallest absolute Gasteiger partial charge is 0.0919 e. The summed E-state index contributed by atoms with van der Waals surface area (Å²) in [6.45, 7) is 10.6. The van der Waals surface area contributed by atoms with Gasteiger partial charge >= 0.3 is 0 Å². The first-order chi connectivity index (χ1) is 8.47. The van der Waals surface area contributed by atoms with Gasteiger partial charge in [-0.15, -0.1) is 0 Å². The summed E-state index contributed by atoms with van der Waals surface area (Å²) in [6.07, 6.45) is 0.887. The summed E-state index contributed by atoms with van der Waals surface area (Å²) in [7, 11) is 0. The maximum absolute atomic E-state index is 10.4. The van der Waals surface area contributed by atoms with Crippen LogP contribution in [0.1, 0.15) is 43.1 Å². The molecule has 0 aliphatic carbocycles. The van der Waals surface area contributed by atoms with Crippen molar-refractivity contribution < 1.29 is 5.11 Å². The molecule has 3 atom stereocenters. The van der Waals surface area contributed by atoms with Gasteiger partial charge in [-0.3, -0.25) is 4.90 Å². The van der Waals surface area contributed by atoms with Gasteiger partial charge in [0.2, 0.25) is 0 Å². The third-order valence-corrected chi connectivity index (χ3v) is 4.10. The lowest BCUT2D eigenvalue weighted by Crippen LogP contribution is -2.31. The van der Waals surface area contributed by atoms with E-state index in [1.165, 1.54) is 17.5 Å². The first kappa shape index (κ1) is 13.6. The van der Waals surface area contributed by atoms with Crippen LogP contribution in [0.3, 0.4) is 0 Å². The summed E-state index contributed by atoms with van der Waals surface area (Å²) in [4.78, 5) is 2.41. The molecule has 18 heavy (non-hydrogen) atoms. The number of aryl methyl sites for hydroxylation is 2. The summed E-state index contributed by atoms with van der Waals surface area (Å²) in [5.74, 6) is 0.756. The molecule has 1 heterocycles. The van der Waals surface area contributed by atoms with Crippen LogP contribution in [0.25, 0.3) is 0 Å². The molecule has 1 aromatic rings. The average molecular weight is 247 g/mol. The molecular weight excluding hydrogens is 222 g/mol. The Kier molecular flexibility index (Phi) is 4.08. The van der Waals surface area contributed by atoms with E-state index in [4.69, 9.17) is 0 Å². The lowest BCUT2D eigenvalue weighted by Gasteiger charge is -2.25. The molecule has 1 fully saturated rings.